The number of alkyl halides is 1. The number of rotatable bonds is 21. The Morgan fingerprint density at radius 2 is 1.55 bits per heavy atom. The predicted octanol–water partition coefficient (Wildman–Crippen LogP) is 8.12. The van der Waals surface area contributed by atoms with Gasteiger partial charge in [0.15, 0.2) is 11.5 Å². The first-order chi connectivity index (χ1) is 16.2. The normalized spacial score (nSPS) is 11.1. The Kier molecular flexibility index (Phi) is 18.9. The summed E-state index contributed by atoms with van der Waals surface area (Å²) in [7, 11) is 1.63. The van der Waals surface area contributed by atoms with Gasteiger partial charge in [0.1, 0.15) is 0 Å². The lowest BCUT2D eigenvalue weighted by molar-refractivity contribution is -0.121. The molecule has 0 atom stereocenters. The van der Waals surface area contributed by atoms with Crippen LogP contribution < -0.4 is 14.8 Å². The van der Waals surface area contributed by atoms with E-state index in [2.05, 4.69) is 40.3 Å². The maximum atomic E-state index is 12.1. The van der Waals surface area contributed by atoms with E-state index in [0.29, 0.717) is 25.3 Å². The Labute approximate surface area is 211 Å². The number of hydrogen-bond donors (Lipinski definition) is 1. The van der Waals surface area contributed by atoms with E-state index in [-0.39, 0.29) is 5.91 Å². The summed E-state index contributed by atoms with van der Waals surface area (Å²) >= 11 is 3.35. The second kappa shape index (κ2) is 21.1. The van der Waals surface area contributed by atoms with Crippen LogP contribution in [0.3, 0.4) is 0 Å². The Morgan fingerprint density at radius 3 is 2.18 bits per heavy atom. The van der Waals surface area contributed by atoms with Crippen molar-refractivity contribution in [3.63, 3.8) is 0 Å². The first kappa shape index (κ1) is 29.5. The molecule has 4 nitrogen and oxygen atoms in total. The van der Waals surface area contributed by atoms with E-state index >= 15 is 0 Å². The molecule has 5 heteroatoms. The fourth-order valence-corrected chi connectivity index (χ4v) is 3.90. The highest BCUT2D eigenvalue weighted by Gasteiger charge is 2.07. The maximum absolute atomic E-state index is 12.1. The number of hydrogen-bond acceptors (Lipinski definition) is 3. The number of halogens is 1. The van der Waals surface area contributed by atoms with Gasteiger partial charge in [0, 0.05) is 18.3 Å². The van der Waals surface area contributed by atoms with Crippen molar-refractivity contribution < 1.29 is 14.3 Å². The highest BCUT2D eigenvalue weighted by Crippen LogP contribution is 2.28. The highest BCUT2D eigenvalue weighted by atomic mass is 79.9. The average molecular weight is 525 g/mol. The van der Waals surface area contributed by atoms with Crippen LogP contribution in [0, 0.1) is 0 Å². The van der Waals surface area contributed by atoms with Crippen molar-refractivity contribution in [3.05, 3.63) is 35.9 Å². The zero-order valence-corrected chi connectivity index (χ0v) is 22.6. The molecule has 0 aliphatic heterocycles. The van der Waals surface area contributed by atoms with Crippen LogP contribution in [0.25, 0.3) is 0 Å². The number of benzene rings is 1. The summed E-state index contributed by atoms with van der Waals surface area (Å²) in [4.78, 5) is 12.1. The van der Waals surface area contributed by atoms with E-state index in [1.807, 2.05) is 18.2 Å². The summed E-state index contributed by atoms with van der Waals surface area (Å²) in [5.41, 5.74) is 1.01. The Morgan fingerprint density at radius 1 is 0.909 bits per heavy atom. The van der Waals surface area contributed by atoms with E-state index in [1.54, 1.807) is 7.11 Å². The molecule has 0 aromatic heterocycles. The van der Waals surface area contributed by atoms with E-state index in [4.69, 9.17) is 9.47 Å². The lowest BCUT2D eigenvalue weighted by atomic mass is 10.1. The third-order valence-corrected chi connectivity index (χ3v) is 6.04. The zero-order valence-electron chi connectivity index (χ0n) is 21.0. The van der Waals surface area contributed by atoms with Gasteiger partial charge in [-0.1, -0.05) is 92.4 Å². The molecule has 0 bridgehead atoms. The zero-order chi connectivity index (χ0) is 24.0. The van der Waals surface area contributed by atoms with Crippen molar-refractivity contribution in [1.29, 1.82) is 0 Å². The number of allylic oxidation sites excluding steroid dienone is 2. The largest absolute Gasteiger partial charge is 0.493 e. The molecule has 1 N–H and O–H groups in total. The third-order valence-electron chi connectivity index (χ3n) is 5.72. The van der Waals surface area contributed by atoms with E-state index < -0.39 is 0 Å². The lowest BCUT2D eigenvalue weighted by Crippen LogP contribution is -2.22. The van der Waals surface area contributed by atoms with Crippen molar-refractivity contribution >= 4 is 21.8 Å². The Bertz CT molecular complexity index is 648. The smallest absolute Gasteiger partial charge is 0.220 e. The average Bonchev–Trinajstić information content (AvgIpc) is 2.84. The molecule has 0 aliphatic carbocycles. The van der Waals surface area contributed by atoms with E-state index in [9.17, 15) is 4.79 Å². The predicted molar refractivity (Wildman–Crippen MR) is 144 cm³/mol. The fraction of sp³-hybridized carbons (Fsp3) is 0.679. The van der Waals surface area contributed by atoms with Gasteiger partial charge in [0.25, 0.3) is 0 Å². The minimum absolute atomic E-state index is 0.117. The fourth-order valence-electron chi connectivity index (χ4n) is 3.74. The summed E-state index contributed by atoms with van der Waals surface area (Å²) < 4.78 is 11.0. The van der Waals surface area contributed by atoms with Crippen LogP contribution in [0.1, 0.15) is 102 Å². The summed E-state index contributed by atoms with van der Waals surface area (Å²) in [6.07, 6.45) is 21.8. The maximum Gasteiger partial charge on any atom is 0.220 e. The Balaban J connectivity index is 2.01. The molecule has 1 rings (SSSR count). The van der Waals surface area contributed by atoms with Gasteiger partial charge in [-0.15, -0.1) is 0 Å². The summed E-state index contributed by atoms with van der Waals surface area (Å²) in [6.45, 7) is 3.37. The minimum Gasteiger partial charge on any atom is -0.493 e. The van der Waals surface area contributed by atoms with Crippen LogP contribution in [-0.2, 0) is 11.3 Å². The quantitative estimate of drug-likeness (QED) is 0.100. The molecule has 0 unspecified atom stereocenters. The molecule has 1 aromatic carbocycles. The van der Waals surface area contributed by atoms with Gasteiger partial charge < -0.3 is 14.8 Å². The molecule has 33 heavy (non-hydrogen) atoms. The number of nitrogens with one attached hydrogen (secondary N) is 1. The highest BCUT2D eigenvalue weighted by molar-refractivity contribution is 9.09. The molecule has 0 aliphatic rings. The van der Waals surface area contributed by atoms with Gasteiger partial charge in [-0.05, 0) is 49.8 Å². The van der Waals surface area contributed by atoms with E-state index in [1.165, 1.54) is 70.6 Å². The monoisotopic (exact) mass is 523 g/mol. The van der Waals surface area contributed by atoms with Crippen LogP contribution in [0.2, 0.25) is 0 Å². The summed E-state index contributed by atoms with van der Waals surface area (Å²) in [5, 5.41) is 3.78. The molecule has 0 heterocycles. The molecule has 0 fully saturated rings. The van der Waals surface area contributed by atoms with Crippen molar-refractivity contribution in [2.75, 3.05) is 19.0 Å². The van der Waals surface area contributed by atoms with Crippen molar-refractivity contribution in [1.82, 2.24) is 5.32 Å². The van der Waals surface area contributed by atoms with Gasteiger partial charge in [0.05, 0.1) is 13.7 Å². The van der Waals surface area contributed by atoms with Crippen LogP contribution in [-0.4, -0.2) is 25.0 Å². The SMILES string of the molecule is CCCCCCCCC=CCCCCCCCC(=O)NCc1ccc(OCCBr)c(OC)c1. The van der Waals surface area contributed by atoms with Gasteiger partial charge in [-0.25, -0.2) is 0 Å². The molecular weight excluding hydrogens is 478 g/mol. The number of ether oxygens (including phenoxy) is 2. The first-order valence-electron chi connectivity index (χ1n) is 13.0. The third kappa shape index (κ3) is 15.9. The van der Waals surface area contributed by atoms with Gasteiger partial charge in [0.2, 0.25) is 5.91 Å². The van der Waals surface area contributed by atoms with Gasteiger partial charge in [-0.2, -0.15) is 0 Å². The number of carbonyl (C=O) groups excluding carboxylic acids is 1. The first-order valence-corrected chi connectivity index (χ1v) is 14.1. The van der Waals surface area contributed by atoms with Crippen molar-refractivity contribution in [2.24, 2.45) is 0 Å². The summed E-state index contributed by atoms with van der Waals surface area (Å²) in [5.74, 6) is 1.53. The molecule has 0 spiro atoms. The van der Waals surface area contributed by atoms with Crippen molar-refractivity contribution in [3.8, 4) is 11.5 Å². The van der Waals surface area contributed by atoms with Gasteiger partial charge in [-0.3, -0.25) is 4.79 Å². The minimum atomic E-state index is 0.117. The topological polar surface area (TPSA) is 47.6 Å². The second-order valence-corrected chi connectivity index (χ2v) is 9.43. The molecule has 0 radical (unpaired) electrons. The molecule has 1 aromatic rings. The molecule has 188 valence electrons. The lowest BCUT2D eigenvalue weighted by Gasteiger charge is -2.12. The number of amides is 1. The molecule has 0 saturated carbocycles. The molecule has 1 amide bonds. The molecule has 0 saturated heterocycles. The van der Waals surface area contributed by atoms with Gasteiger partial charge >= 0.3 is 0 Å². The van der Waals surface area contributed by atoms with Crippen LogP contribution >= 0.6 is 15.9 Å². The van der Waals surface area contributed by atoms with E-state index in [0.717, 1.165) is 29.5 Å². The van der Waals surface area contributed by atoms with Crippen LogP contribution in [0.15, 0.2) is 30.4 Å². The van der Waals surface area contributed by atoms with Crippen molar-refractivity contribution in [2.45, 2.75) is 103 Å². The number of unbranched alkanes of at least 4 members (excludes halogenated alkanes) is 11. The van der Waals surface area contributed by atoms with Crippen LogP contribution in [0.5, 0.6) is 11.5 Å². The van der Waals surface area contributed by atoms with Crippen LogP contribution in [0.4, 0.5) is 0 Å². The number of methoxy groups -OCH3 is 1. The second-order valence-electron chi connectivity index (χ2n) is 8.63. The summed E-state index contributed by atoms with van der Waals surface area (Å²) in [6, 6.07) is 5.78. The Hall–Kier alpha value is -1.49. The number of carbonyl (C=O) groups is 1. The molecular formula is C28H46BrNO3. The standard InChI is InChI=1S/C28H46BrNO3/c1-3-4-5-6-7-8-9-10-11-12-13-14-15-16-17-18-28(31)30-24-25-19-20-26(33-22-21-29)27(23-25)32-2/h10-11,19-20,23H,3-9,12-18,21-22,24H2,1-2H3,(H,30,31).